The molecule has 3 saturated heterocycles. The van der Waals surface area contributed by atoms with Crippen LogP contribution in [0.4, 0.5) is 4.79 Å². The molecule has 3 aliphatic heterocycles. The van der Waals surface area contributed by atoms with Crippen LogP contribution in [0.15, 0.2) is 30.3 Å². The van der Waals surface area contributed by atoms with Gasteiger partial charge in [-0.3, -0.25) is 14.6 Å². The van der Waals surface area contributed by atoms with Crippen molar-refractivity contribution in [3.8, 4) is 0 Å². The Bertz CT molecular complexity index is 822. The number of piperidine rings is 1. The highest BCUT2D eigenvalue weighted by molar-refractivity contribution is 5.70. The predicted octanol–water partition coefficient (Wildman–Crippen LogP) is 3.42. The second kappa shape index (κ2) is 13.4. The molecule has 0 N–H and O–H groups in total. The van der Waals surface area contributed by atoms with Gasteiger partial charge in [0, 0.05) is 46.2 Å². The van der Waals surface area contributed by atoms with E-state index in [4.69, 9.17) is 9.47 Å². The third kappa shape index (κ3) is 7.43. The van der Waals surface area contributed by atoms with Gasteiger partial charge in [0.25, 0.3) is 0 Å². The highest BCUT2D eigenvalue weighted by Crippen LogP contribution is 2.29. The quantitative estimate of drug-likeness (QED) is 0.432. The minimum Gasteiger partial charge on any atom is -0.469 e. The van der Waals surface area contributed by atoms with Crippen molar-refractivity contribution in [2.24, 2.45) is 5.92 Å². The Labute approximate surface area is 216 Å². The zero-order valence-corrected chi connectivity index (χ0v) is 22.1. The number of hydrogen-bond donors (Lipinski definition) is 0. The summed E-state index contributed by atoms with van der Waals surface area (Å²) in [6.07, 6.45) is 6.85. The summed E-state index contributed by atoms with van der Waals surface area (Å²) >= 11 is 0. The Morgan fingerprint density at radius 2 is 1.69 bits per heavy atom. The molecule has 1 aromatic carbocycles. The summed E-state index contributed by atoms with van der Waals surface area (Å²) in [6, 6.07) is 10.9. The lowest BCUT2D eigenvalue weighted by atomic mass is 9.90. The van der Waals surface area contributed by atoms with Crippen LogP contribution >= 0.6 is 0 Å². The highest BCUT2D eigenvalue weighted by atomic mass is 16.6. The monoisotopic (exact) mass is 500 g/mol. The summed E-state index contributed by atoms with van der Waals surface area (Å²) in [5.74, 6) is 0.641. The molecule has 0 bridgehead atoms. The van der Waals surface area contributed by atoms with E-state index < -0.39 is 0 Å². The fourth-order valence-electron chi connectivity index (χ4n) is 5.93. The molecule has 200 valence electrons. The van der Waals surface area contributed by atoms with Gasteiger partial charge >= 0.3 is 12.1 Å². The first kappa shape index (κ1) is 26.9. The molecule has 36 heavy (non-hydrogen) atoms. The number of likely N-dealkylation sites (N-methyl/N-ethyl adjacent to an activating group) is 1. The second-order valence-electron chi connectivity index (χ2n) is 10.6. The van der Waals surface area contributed by atoms with E-state index in [9.17, 15) is 9.59 Å². The zero-order valence-electron chi connectivity index (χ0n) is 22.1. The van der Waals surface area contributed by atoms with E-state index in [1.54, 1.807) is 0 Å². The van der Waals surface area contributed by atoms with Crippen LogP contribution in [-0.2, 0) is 20.8 Å². The standard InChI is InChI=1S/C28H44N4O4/c1-29-25(11-6-10-23-13-16-31(17-14-23)22-24-8-4-3-5-9-24)27(36-28(29)34)32-20-18-30(19-21-32)15-7-12-26(33)35-2/h3-5,8-9,23,25,27H,6-7,10-22H2,1-2H3. The average Bonchev–Trinajstić information content (AvgIpc) is 3.19. The number of esters is 1. The van der Waals surface area contributed by atoms with Crippen molar-refractivity contribution in [3.63, 3.8) is 0 Å². The van der Waals surface area contributed by atoms with Gasteiger partial charge in [-0.25, -0.2) is 4.79 Å². The van der Waals surface area contributed by atoms with Gasteiger partial charge in [0.05, 0.1) is 13.2 Å². The Kier molecular flexibility index (Phi) is 10.0. The van der Waals surface area contributed by atoms with Crippen LogP contribution in [0.2, 0.25) is 0 Å². The van der Waals surface area contributed by atoms with Crippen molar-refractivity contribution in [3.05, 3.63) is 35.9 Å². The molecule has 3 fully saturated rings. The van der Waals surface area contributed by atoms with Crippen molar-refractivity contribution in [2.75, 3.05) is 60.0 Å². The van der Waals surface area contributed by atoms with E-state index in [1.807, 2.05) is 11.9 Å². The number of rotatable bonds is 11. The van der Waals surface area contributed by atoms with E-state index in [0.717, 1.165) is 64.4 Å². The molecule has 0 aliphatic carbocycles. The fraction of sp³-hybridized carbons (Fsp3) is 0.714. The van der Waals surface area contributed by atoms with E-state index in [0.29, 0.717) is 6.42 Å². The first-order valence-corrected chi connectivity index (χ1v) is 13.8. The van der Waals surface area contributed by atoms with Crippen molar-refractivity contribution >= 4 is 12.1 Å². The maximum Gasteiger partial charge on any atom is 0.411 e. The Hall–Kier alpha value is -2.16. The first-order chi connectivity index (χ1) is 17.5. The number of hydrogen-bond acceptors (Lipinski definition) is 7. The van der Waals surface area contributed by atoms with E-state index in [-0.39, 0.29) is 24.3 Å². The summed E-state index contributed by atoms with van der Waals surface area (Å²) in [4.78, 5) is 32.9. The topological polar surface area (TPSA) is 65.6 Å². The van der Waals surface area contributed by atoms with Crippen molar-refractivity contribution in [1.82, 2.24) is 19.6 Å². The maximum atomic E-state index is 12.4. The largest absolute Gasteiger partial charge is 0.469 e. The fourth-order valence-corrected chi connectivity index (χ4v) is 5.93. The van der Waals surface area contributed by atoms with E-state index in [1.165, 1.54) is 45.0 Å². The number of methoxy groups -OCH3 is 1. The van der Waals surface area contributed by atoms with Gasteiger partial charge in [0.1, 0.15) is 0 Å². The highest BCUT2D eigenvalue weighted by Gasteiger charge is 2.43. The summed E-state index contributed by atoms with van der Waals surface area (Å²) in [7, 11) is 3.32. The van der Waals surface area contributed by atoms with Crippen LogP contribution in [0, 0.1) is 5.92 Å². The third-order valence-electron chi connectivity index (χ3n) is 8.25. The molecule has 2 atom stereocenters. The Morgan fingerprint density at radius 3 is 2.39 bits per heavy atom. The zero-order chi connectivity index (χ0) is 25.3. The molecule has 0 saturated carbocycles. The van der Waals surface area contributed by atoms with Gasteiger partial charge in [-0.2, -0.15) is 0 Å². The SMILES string of the molecule is COC(=O)CCCN1CCN(C2OC(=O)N(C)C2CCCC2CCN(Cc3ccccc3)CC2)CC1. The summed E-state index contributed by atoms with van der Waals surface area (Å²) in [5, 5.41) is 0. The molecule has 4 rings (SSSR count). The minimum atomic E-state index is -0.195. The molecule has 0 spiro atoms. The molecule has 1 aromatic rings. The molecule has 1 amide bonds. The summed E-state index contributed by atoms with van der Waals surface area (Å²) in [6.45, 7) is 7.97. The molecule has 8 nitrogen and oxygen atoms in total. The molecule has 8 heteroatoms. The van der Waals surface area contributed by atoms with Crippen LogP contribution < -0.4 is 0 Å². The lowest BCUT2D eigenvalue weighted by Gasteiger charge is -2.39. The summed E-state index contributed by atoms with van der Waals surface area (Å²) in [5.41, 5.74) is 1.40. The second-order valence-corrected chi connectivity index (χ2v) is 10.6. The Balaban J connectivity index is 1.16. The maximum absolute atomic E-state index is 12.4. The number of carbonyl (C=O) groups is 2. The van der Waals surface area contributed by atoms with E-state index in [2.05, 4.69) is 45.0 Å². The van der Waals surface area contributed by atoms with Crippen LogP contribution in [0.25, 0.3) is 0 Å². The lowest BCUT2D eigenvalue weighted by molar-refractivity contribution is -0.140. The van der Waals surface area contributed by atoms with Gasteiger partial charge < -0.3 is 19.3 Å². The molecule has 0 aromatic heterocycles. The molecule has 3 aliphatic rings. The number of carbonyl (C=O) groups excluding carboxylic acids is 2. The van der Waals surface area contributed by atoms with Crippen molar-refractivity contribution in [2.45, 2.75) is 63.8 Å². The number of likely N-dealkylation sites (tertiary alicyclic amines) is 1. The number of amides is 1. The van der Waals surface area contributed by atoms with Crippen LogP contribution in [0.1, 0.15) is 50.5 Å². The normalized spacial score (nSPS) is 24.7. The Morgan fingerprint density at radius 1 is 0.972 bits per heavy atom. The van der Waals surface area contributed by atoms with Crippen molar-refractivity contribution in [1.29, 1.82) is 0 Å². The molecule has 3 heterocycles. The number of benzene rings is 1. The van der Waals surface area contributed by atoms with Gasteiger partial charge in [-0.1, -0.05) is 43.2 Å². The molecule has 0 radical (unpaired) electrons. The average molecular weight is 501 g/mol. The molecular formula is C28H44N4O4. The van der Waals surface area contributed by atoms with Gasteiger partial charge in [-0.05, 0) is 56.8 Å². The van der Waals surface area contributed by atoms with Gasteiger partial charge in [-0.15, -0.1) is 0 Å². The first-order valence-electron chi connectivity index (χ1n) is 13.8. The van der Waals surface area contributed by atoms with Gasteiger partial charge in [0.15, 0.2) is 6.23 Å². The van der Waals surface area contributed by atoms with Gasteiger partial charge in [0.2, 0.25) is 0 Å². The summed E-state index contributed by atoms with van der Waals surface area (Å²) < 4.78 is 10.6. The minimum absolute atomic E-state index is 0.126. The number of nitrogens with zero attached hydrogens (tertiary/aromatic N) is 4. The molecular weight excluding hydrogens is 456 g/mol. The van der Waals surface area contributed by atoms with Crippen LogP contribution in [-0.4, -0.2) is 104 Å². The molecule has 2 unspecified atom stereocenters. The van der Waals surface area contributed by atoms with Crippen LogP contribution in [0.5, 0.6) is 0 Å². The number of ether oxygens (including phenoxy) is 2. The van der Waals surface area contributed by atoms with E-state index >= 15 is 0 Å². The predicted molar refractivity (Wildman–Crippen MR) is 139 cm³/mol. The third-order valence-corrected chi connectivity index (χ3v) is 8.25. The lowest BCUT2D eigenvalue weighted by Crippen LogP contribution is -2.54. The van der Waals surface area contributed by atoms with Crippen molar-refractivity contribution < 1.29 is 19.1 Å². The number of cyclic esters (lactones) is 1. The van der Waals surface area contributed by atoms with Crippen LogP contribution in [0.3, 0.4) is 0 Å². The smallest absolute Gasteiger partial charge is 0.411 e. The number of piperazine rings is 1.